The van der Waals surface area contributed by atoms with Crippen LogP contribution in [-0.4, -0.2) is 44.5 Å². The molecule has 2 N–H and O–H groups in total. The number of H-pyrrole nitrogens is 1. The number of aryl methyl sites for hydroxylation is 2. The second kappa shape index (κ2) is 9.23. The maximum absolute atomic E-state index is 13.3. The van der Waals surface area contributed by atoms with Crippen LogP contribution in [0.3, 0.4) is 0 Å². The van der Waals surface area contributed by atoms with Crippen LogP contribution in [0.4, 0.5) is 5.69 Å². The number of amides is 1. The molecule has 0 atom stereocenters. The van der Waals surface area contributed by atoms with Gasteiger partial charge in [0, 0.05) is 36.1 Å². The van der Waals surface area contributed by atoms with Gasteiger partial charge in [-0.15, -0.1) is 0 Å². The average Bonchev–Trinajstić information content (AvgIpc) is 3.06. The van der Waals surface area contributed by atoms with Crippen LogP contribution in [-0.2, 0) is 19.0 Å². The molecule has 2 aromatic heterocycles. The number of hydrogen-bond acceptors (Lipinski definition) is 3. The first-order valence-electron chi connectivity index (χ1n) is 11.9. The van der Waals surface area contributed by atoms with Crippen molar-refractivity contribution in [1.82, 2.24) is 24.5 Å². The van der Waals surface area contributed by atoms with Crippen molar-refractivity contribution in [3.63, 3.8) is 0 Å². The summed E-state index contributed by atoms with van der Waals surface area (Å²) in [6, 6.07) is 12.2. The van der Waals surface area contributed by atoms with Crippen LogP contribution in [0.2, 0.25) is 0 Å². The fourth-order valence-electron chi connectivity index (χ4n) is 4.14. The van der Waals surface area contributed by atoms with Crippen LogP contribution in [0.1, 0.15) is 53.5 Å². The molecule has 35 heavy (non-hydrogen) atoms. The number of nitrogens with zero attached hydrogens (tertiary/aromatic N) is 4. The van der Waals surface area contributed by atoms with Crippen molar-refractivity contribution in [1.29, 1.82) is 0 Å². The summed E-state index contributed by atoms with van der Waals surface area (Å²) in [5.41, 5.74) is 8.97. The fraction of sp³-hybridized carbons (Fsp3) is 0.357. The minimum atomic E-state index is -0.107. The van der Waals surface area contributed by atoms with Gasteiger partial charge in [0.2, 0.25) is 0 Å². The number of hydrogen-bond donors (Lipinski definition) is 2. The summed E-state index contributed by atoms with van der Waals surface area (Å²) in [6.45, 7) is 11.4. The third-order valence-electron chi connectivity index (χ3n) is 6.37. The predicted octanol–water partition coefficient (Wildman–Crippen LogP) is 5.43. The first kappa shape index (κ1) is 24.5. The molecule has 184 valence electrons. The van der Waals surface area contributed by atoms with Crippen molar-refractivity contribution in [2.45, 2.75) is 46.6 Å². The third kappa shape index (κ3) is 5.25. The normalized spacial score (nSPS) is 11.9. The van der Waals surface area contributed by atoms with E-state index < -0.39 is 0 Å². The summed E-state index contributed by atoms with van der Waals surface area (Å²) < 4.78 is 3.84. The molecule has 0 bridgehead atoms. The van der Waals surface area contributed by atoms with Crippen LogP contribution >= 0.6 is 0 Å². The number of carbonyl (C=O) groups is 1. The monoisotopic (exact) mass is 472 g/mol. The van der Waals surface area contributed by atoms with Gasteiger partial charge in [-0.05, 0) is 74.3 Å². The van der Waals surface area contributed by atoms with E-state index in [0.717, 1.165) is 51.6 Å². The highest BCUT2D eigenvalue weighted by molar-refractivity contribution is 6.04. The Kier molecular flexibility index (Phi) is 6.47. The van der Waals surface area contributed by atoms with E-state index in [2.05, 4.69) is 60.4 Å². The van der Waals surface area contributed by atoms with Gasteiger partial charge in [0.1, 0.15) is 0 Å². The molecule has 2 heterocycles. The number of aromatic nitrogens is 4. The maximum Gasteiger partial charge on any atom is 0.255 e. The van der Waals surface area contributed by atoms with Gasteiger partial charge in [-0.25, -0.2) is 0 Å². The number of aromatic amines is 1. The molecular weight excluding hydrogens is 436 g/mol. The van der Waals surface area contributed by atoms with Crippen molar-refractivity contribution in [3.05, 3.63) is 76.7 Å². The summed E-state index contributed by atoms with van der Waals surface area (Å²) >= 11 is 0. The lowest BCUT2D eigenvalue weighted by Gasteiger charge is -2.22. The average molecular weight is 473 g/mol. The largest absolute Gasteiger partial charge is 0.322 e. The second-order valence-corrected chi connectivity index (χ2v) is 10.7. The van der Waals surface area contributed by atoms with E-state index in [0.29, 0.717) is 5.56 Å². The fourth-order valence-corrected chi connectivity index (χ4v) is 4.14. The minimum Gasteiger partial charge on any atom is -0.322 e. The van der Waals surface area contributed by atoms with E-state index >= 15 is 0 Å². The topological polar surface area (TPSA) is 70.9 Å². The van der Waals surface area contributed by atoms with E-state index in [1.54, 1.807) is 0 Å². The summed E-state index contributed by atoms with van der Waals surface area (Å²) in [5.74, 6) is -0.107. The number of nitrogens with one attached hydrogen (secondary N) is 2. The zero-order valence-corrected chi connectivity index (χ0v) is 22.0. The van der Waals surface area contributed by atoms with Crippen LogP contribution < -0.4 is 5.32 Å². The molecule has 0 aliphatic heterocycles. The highest BCUT2D eigenvalue weighted by Gasteiger charge is 2.19. The van der Waals surface area contributed by atoms with E-state index in [9.17, 15) is 4.79 Å². The molecule has 7 heteroatoms. The quantitative estimate of drug-likeness (QED) is 0.393. The van der Waals surface area contributed by atoms with E-state index in [-0.39, 0.29) is 11.3 Å². The summed E-state index contributed by atoms with van der Waals surface area (Å²) in [4.78, 5) is 15.4. The number of carbonyl (C=O) groups excluding carboxylic acids is 1. The third-order valence-corrected chi connectivity index (χ3v) is 6.37. The zero-order chi connectivity index (χ0) is 25.5. The molecule has 0 aliphatic rings. The molecule has 0 spiro atoms. The molecule has 0 saturated heterocycles. The molecular formula is C28H36N6O. The Hall–Kier alpha value is -3.58. The van der Waals surface area contributed by atoms with Gasteiger partial charge >= 0.3 is 0 Å². The molecule has 0 fully saturated rings. The Morgan fingerprint density at radius 2 is 1.83 bits per heavy atom. The Morgan fingerprint density at radius 3 is 2.43 bits per heavy atom. The molecule has 0 saturated carbocycles. The van der Waals surface area contributed by atoms with Gasteiger partial charge in [-0.3, -0.25) is 19.3 Å². The van der Waals surface area contributed by atoms with E-state index in [1.807, 2.05) is 74.0 Å². The maximum atomic E-state index is 13.3. The first-order chi connectivity index (χ1) is 16.4. The van der Waals surface area contributed by atoms with Crippen molar-refractivity contribution in [2.24, 2.45) is 7.05 Å². The van der Waals surface area contributed by atoms with Crippen molar-refractivity contribution < 1.29 is 4.79 Å². The Balaban J connectivity index is 1.59. The van der Waals surface area contributed by atoms with Gasteiger partial charge in [0.15, 0.2) is 0 Å². The number of benzene rings is 2. The predicted molar refractivity (Wildman–Crippen MR) is 142 cm³/mol. The summed E-state index contributed by atoms with van der Waals surface area (Å²) in [7, 11) is 6.01. The molecule has 4 rings (SSSR count). The molecule has 4 aromatic rings. The standard InChI is InChI=1S/C28H36N6O/c1-18-9-10-23(14-26(18)34-17-25(31-34)24-15-29-33(8)19(24)2)30-27(35)21-11-20(16-32(6)7)12-22(13-21)28(3,4)5/h9-15,17,31H,16H2,1-8H3,(H,30,35). The van der Waals surface area contributed by atoms with Crippen LogP contribution in [0.25, 0.3) is 16.9 Å². The van der Waals surface area contributed by atoms with Crippen LogP contribution in [0, 0.1) is 13.8 Å². The van der Waals surface area contributed by atoms with Gasteiger partial charge in [0.05, 0.1) is 23.8 Å². The Morgan fingerprint density at radius 1 is 1.11 bits per heavy atom. The van der Waals surface area contributed by atoms with Gasteiger partial charge in [-0.1, -0.05) is 32.9 Å². The molecule has 0 unspecified atom stereocenters. The van der Waals surface area contributed by atoms with E-state index in [4.69, 9.17) is 0 Å². The van der Waals surface area contributed by atoms with Crippen molar-refractivity contribution in [2.75, 3.05) is 19.4 Å². The highest BCUT2D eigenvalue weighted by atomic mass is 16.1. The number of rotatable bonds is 6. The molecule has 0 aliphatic carbocycles. The van der Waals surface area contributed by atoms with Crippen LogP contribution in [0.15, 0.2) is 48.8 Å². The summed E-state index contributed by atoms with van der Waals surface area (Å²) in [6.07, 6.45) is 3.92. The lowest BCUT2D eigenvalue weighted by atomic mass is 9.85. The second-order valence-electron chi connectivity index (χ2n) is 10.7. The number of anilines is 1. The van der Waals surface area contributed by atoms with Crippen LogP contribution in [0.5, 0.6) is 0 Å². The van der Waals surface area contributed by atoms with Gasteiger partial charge < -0.3 is 10.2 Å². The molecule has 1 amide bonds. The Labute approximate surface area is 207 Å². The zero-order valence-electron chi connectivity index (χ0n) is 22.0. The molecule has 0 radical (unpaired) electrons. The highest BCUT2D eigenvalue weighted by Crippen LogP contribution is 2.28. The van der Waals surface area contributed by atoms with E-state index in [1.165, 1.54) is 0 Å². The van der Waals surface area contributed by atoms with Gasteiger partial charge in [-0.2, -0.15) is 5.10 Å². The lowest BCUT2D eigenvalue weighted by molar-refractivity contribution is 0.102. The summed E-state index contributed by atoms with van der Waals surface area (Å²) in [5, 5.41) is 10.8. The van der Waals surface area contributed by atoms with Crippen molar-refractivity contribution >= 4 is 11.6 Å². The minimum absolute atomic E-state index is 0.0474. The SMILES string of the molecule is Cc1ccc(NC(=O)c2cc(CN(C)C)cc(C(C)(C)C)c2)cc1-n1cc(-c2cnn(C)c2C)[nH]1. The smallest absolute Gasteiger partial charge is 0.255 e. The lowest BCUT2D eigenvalue weighted by Crippen LogP contribution is -2.19. The molecule has 7 nitrogen and oxygen atoms in total. The van der Waals surface area contributed by atoms with Crippen molar-refractivity contribution in [3.8, 4) is 16.9 Å². The first-order valence-corrected chi connectivity index (χ1v) is 11.9. The Bertz CT molecular complexity index is 1350. The molecule has 2 aromatic carbocycles. The van der Waals surface area contributed by atoms with Gasteiger partial charge in [0.25, 0.3) is 5.91 Å².